The number of rotatable bonds is 5. The number of benzene rings is 7. The van der Waals surface area contributed by atoms with Crippen LogP contribution in [0, 0.1) is 0 Å². The molecule has 2 aromatic heterocycles. The minimum absolute atomic E-state index is 0.740. The predicted molar refractivity (Wildman–Crippen MR) is 231 cm³/mol. The first kappa shape index (κ1) is 32.3. The lowest BCUT2D eigenvalue weighted by atomic mass is 9.99. The quantitative estimate of drug-likeness (QED) is 0.176. The van der Waals surface area contributed by atoms with Crippen molar-refractivity contribution in [3.63, 3.8) is 0 Å². The summed E-state index contributed by atoms with van der Waals surface area (Å²) in [5, 5.41) is 5.05. The third-order valence-electron chi connectivity index (χ3n) is 10.7. The van der Waals surface area contributed by atoms with Crippen LogP contribution in [0.3, 0.4) is 0 Å². The molecule has 2 aliphatic rings. The maximum atomic E-state index is 5.14. The lowest BCUT2D eigenvalue weighted by molar-refractivity contribution is 1.03. The fourth-order valence-electron chi connectivity index (χ4n) is 7.99. The third kappa shape index (κ3) is 5.70. The number of nitrogens with zero attached hydrogens (tertiary/aromatic N) is 3. The molecule has 7 aromatic carbocycles. The fourth-order valence-corrected chi connectivity index (χ4v) is 10.4. The molecule has 0 N–H and O–H groups in total. The third-order valence-corrected chi connectivity index (χ3v) is 13.3. The van der Waals surface area contributed by atoms with Gasteiger partial charge in [0.2, 0.25) is 0 Å². The van der Waals surface area contributed by atoms with Crippen LogP contribution in [0.2, 0.25) is 0 Å². The summed E-state index contributed by atoms with van der Waals surface area (Å²) >= 11 is 3.76. The van der Waals surface area contributed by atoms with E-state index in [2.05, 4.69) is 174 Å². The zero-order valence-electron chi connectivity index (χ0n) is 29.8. The van der Waals surface area contributed by atoms with Gasteiger partial charge in [-0.15, -0.1) is 0 Å². The van der Waals surface area contributed by atoms with Crippen molar-refractivity contribution in [2.75, 3.05) is 0 Å². The molecule has 3 heterocycles. The molecule has 0 radical (unpaired) electrons. The van der Waals surface area contributed by atoms with E-state index in [1.165, 1.54) is 57.7 Å². The van der Waals surface area contributed by atoms with Crippen molar-refractivity contribution < 1.29 is 0 Å². The van der Waals surface area contributed by atoms with Gasteiger partial charge >= 0.3 is 0 Å². The van der Waals surface area contributed by atoms with Crippen LogP contribution in [-0.4, -0.2) is 14.5 Å². The second kappa shape index (κ2) is 13.3. The van der Waals surface area contributed by atoms with E-state index < -0.39 is 0 Å². The Morgan fingerprint density at radius 1 is 0.509 bits per heavy atom. The first-order valence-electron chi connectivity index (χ1n) is 18.7. The van der Waals surface area contributed by atoms with Crippen molar-refractivity contribution in [2.24, 2.45) is 0 Å². The van der Waals surface area contributed by atoms with Gasteiger partial charge < -0.3 is 4.57 Å². The van der Waals surface area contributed by atoms with Gasteiger partial charge in [0.15, 0.2) is 5.82 Å². The molecule has 0 atom stereocenters. The van der Waals surface area contributed by atoms with E-state index in [0.717, 1.165) is 58.0 Å². The molecule has 0 fully saturated rings. The zero-order chi connectivity index (χ0) is 36.3. The van der Waals surface area contributed by atoms with Crippen LogP contribution in [-0.2, 0) is 0 Å². The molecular weight excluding hydrogens is 707 g/mol. The van der Waals surface area contributed by atoms with E-state index in [9.17, 15) is 0 Å². The second-order valence-corrected chi connectivity index (χ2v) is 16.2. The van der Waals surface area contributed by atoms with Gasteiger partial charge in [-0.2, -0.15) is 0 Å². The van der Waals surface area contributed by atoms with Gasteiger partial charge in [-0.05, 0) is 94.9 Å². The Balaban J connectivity index is 1.03. The van der Waals surface area contributed by atoms with Crippen LogP contribution in [0.15, 0.2) is 196 Å². The molecule has 0 spiro atoms. The van der Waals surface area contributed by atoms with Gasteiger partial charge in [0.25, 0.3) is 0 Å². The van der Waals surface area contributed by atoms with Crippen molar-refractivity contribution in [3.05, 3.63) is 182 Å². The molecule has 0 saturated heterocycles. The normalized spacial score (nSPS) is 13.6. The molecule has 11 rings (SSSR count). The standard InChI is InChI=1S/C50H33N3S2/c1-3-12-33(13-4-1)42-31-43(34-14-5-2-6-15-34)52-50(51-42)38-19-11-18-35(28-38)32-22-24-39(25-23-32)53-44-30-37-17-8-7-16-36(37)29-41(44)40-26-27-47-49(48(40)53)55-46-21-10-9-20-45(46)54-47/h1-5,7-14,16-31H,6,15H2. The molecule has 0 unspecified atom stereocenters. The number of aromatic nitrogens is 3. The highest BCUT2D eigenvalue weighted by molar-refractivity contribution is 8.05. The molecule has 0 amide bonds. The highest BCUT2D eigenvalue weighted by Gasteiger charge is 2.24. The zero-order valence-corrected chi connectivity index (χ0v) is 31.4. The topological polar surface area (TPSA) is 30.7 Å². The monoisotopic (exact) mass is 739 g/mol. The number of fused-ring (bicyclic) bond motifs is 7. The Hall–Kier alpha value is -6.14. The Morgan fingerprint density at radius 3 is 2.05 bits per heavy atom. The van der Waals surface area contributed by atoms with Crippen LogP contribution in [0.25, 0.3) is 77.6 Å². The number of hydrogen-bond donors (Lipinski definition) is 0. The maximum Gasteiger partial charge on any atom is 0.160 e. The highest BCUT2D eigenvalue weighted by Crippen LogP contribution is 2.52. The van der Waals surface area contributed by atoms with Gasteiger partial charge in [0.05, 0.1) is 27.3 Å². The van der Waals surface area contributed by atoms with Gasteiger partial charge in [0.1, 0.15) is 0 Å². The molecular formula is C50H33N3S2. The van der Waals surface area contributed by atoms with E-state index in [1.54, 1.807) is 0 Å². The summed E-state index contributed by atoms with van der Waals surface area (Å²) in [5.74, 6) is 0.740. The summed E-state index contributed by atoms with van der Waals surface area (Å²) in [6.07, 6.45) is 8.54. The van der Waals surface area contributed by atoms with Crippen molar-refractivity contribution in [2.45, 2.75) is 32.4 Å². The Morgan fingerprint density at radius 2 is 1.24 bits per heavy atom. The summed E-state index contributed by atoms with van der Waals surface area (Å²) in [6, 6.07) is 57.1. The average Bonchev–Trinajstić information content (AvgIpc) is 3.59. The molecule has 3 nitrogen and oxygen atoms in total. The Kier molecular flexibility index (Phi) is 7.82. The van der Waals surface area contributed by atoms with Crippen LogP contribution in [0.4, 0.5) is 0 Å². The summed E-state index contributed by atoms with van der Waals surface area (Å²) in [7, 11) is 0. The van der Waals surface area contributed by atoms with E-state index in [-0.39, 0.29) is 0 Å². The average molecular weight is 740 g/mol. The lowest BCUT2D eigenvalue weighted by Crippen LogP contribution is -1.99. The minimum atomic E-state index is 0.740. The van der Waals surface area contributed by atoms with Gasteiger partial charge in [0, 0.05) is 42.3 Å². The summed E-state index contributed by atoms with van der Waals surface area (Å²) in [6.45, 7) is 0. The van der Waals surface area contributed by atoms with E-state index in [0.29, 0.717) is 0 Å². The predicted octanol–water partition coefficient (Wildman–Crippen LogP) is 14.1. The van der Waals surface area contributed by atoms with Crippen LogP contribution >= 0.6 is 23.5 Å². The summed E-state index contributed by atoms with van der Waals surface area (Å²) in [4.78, 5) is 15.5. The highest BCUT2D eigenvalue weighted by atomic mass is 32.2. The molecule has 9 aromatic rings. The van der Waals surface area contributed by atoms with Crippen molar-refractivity contribution >= 4 is 61.7 Å². The van der Waals surface area contributed by atoms with Crippen LogP contribution in [0.5, 0.6) is 0 Å². The number of hydrogen-bond acceptors (Lipinski definition) is 4. The van der Waals surface area contributed by atoms with Gasteiger partial charge in [-0.3, -0.25) is 0 Å². The molecule has 55 heavy (non-hydrogen) atoms. The van der Waals surface area contributed by atoms with Gasteiger partial charge in [-0.25, -0.2) is 9.97 Å². The van der Waals surface area contributed by atoms with Crippen LogP contribution in [0.1, 0.15) is 18.5 Å². The first-order valence-corrected chi connectivity index (χ1v) is 20.3. The Labute approximate surface area is 328 Å². The molecule has 260 valence electrons. The molecule has 0 saturated carbocycles. The van der Waals surface area contributed by atoms with Gasteiger partial charge in [-0.1, -0.05) is 145 Å². The molecule has 0 bridgehead atoms. The smallest absolute Gasteiger partial charge is 0.160 e. The summed E-state index contributed by atoms with van der Waals surface area (Å²) in [5.41, 5.74) is 11.2. The molecule has 1 aliphatic heterocycles. The first-order chi connectivity index (χ1) is 27.2. The largest absolute Gasteiger partial charge is 0.308 e. The minimum Gasteiger partial charge on any atom is -0.308 e. The van der Waals surface area contributed by atoms with Crippen molar-refractivity contribution in [1.29, 1.82) is 0 Å². The van der Waals surface area contributed by atoms with E-state index in [4.69, 9.17) is 9.97 Å². The Bertz CT molecular complexity index is 3030. The molecule has 1 aliphatic carbocycles. The number of allylic oxidation sites excluding steroid dienone is 4. The molecule has 5 heteroatoms. The van der Waals surface area contributed by atoms with E-state index in [1.807, 2.05) is 29.6 Å². The summed E-state index contributed by atoms with van der Waals surface area (Å²) < 4.78 is 2.48. The van der Waals surface area contributed by atoms with Crippen molar-refractivity contribution in [3.8, 4) is 39.5 Å². The maximum absolute atomic E-state index is 5.14. The van der Waals surface area contributed by atoms with Crippen LogP contribution < -0.4 is 0 Å². The second-order valence-electron chi connectivity index (χ2n) is 14.1. The van der Waals surface area contributed by atoms with Crippen molar-refractivity contribution in [1.82, 2.24) is 14.5 Å². The fraction of sp³-hybridized carbons (Fsp3) is 0.0400. The lowest BCUT2D eigenvalue weighted by Gasteiger charge is -2.20. The SMILES string of the molecule is C1=CCCC(c2cc(-c3ccccc3)nc(-c3cccc(-c4ccc(-n5c6cc7ccccc7cc6c6ccc7c(c65)Sc5ccccc5S7)cc4)c3)n2)=C1. The van der Waals surface area contributed by atoms with E-state index >= 15 is 0 Å².